The van der Waals surface area contributed by atoms with Gasteiger partial charge in [0.05, 0.1) is 0 Å². The van der Waals surface area contributed by atoms with Crippen LogP contribution in [0.25, 0.3) is 5.41 Å². The fraction of sp³-hybridized carbons (Fsp3) is 0. The molecule has 4 nitrogen and oxygen atoms in total. The Hall–Kier alpha value is -1.15. The molecule has 0 bridgehead atoms. The number of hydrogen-bond donors (Lipinski definition) is 2. The first-order valence-electron chi connectivity index (χ1n) is 1.21. The van der Waals surface area contributed by atoms with E-state index in [9.17, 15) is 0 Å². The lowest BCUT2D eigenvalue weighted by Gasteiger charge is -1.83. The largest absolute Gasteiger partial charge is 0.422 e. The molecule has 0 aromatic heterocycles. The van der Waals surface area contributed by atoms with Crippen molar-refractivity contribution in [3.63, 3.8) is 0 Å². The first-order chi connectivity index (χ1) is 2.77. The van der Waals surface area contributed by atoms with Crippen molar-refractivity contribution >= 4 is 12.0 Å². The van der Waals surface area contributed by atoms with Crippen LogP contribution < -0.4 is 5.73 Å². The smallest absolute Gasteiger partial charge is 0.111 e. The minimum atomic E-state index is -0.447. The van der Waals surface area contributed by atoms with Crippen molar-refractivity contribution in [3.05, 3.63) is 5.41 Å². The third-order valence-corrected chi connectivity index (χ3v) is 0.170. The quantitative estimate of drug-likeness (QED) is 0.303. The van der Waals surface area contributed by atoms with E-state index < -0.39 is 5.96 Å². The van der Waals surface area contributed by atoms with Crippen molar-refractivity contribution in [2.45, 2.75) is 0 Å². The van der Waals surface area contributed by atoms with Crippen LogP contribution in [0.5, 0.6) is 0 Å². The number of aliphatic imine (C=N–C) groups is 1. The molecule has 32 valence electrons. The summed E-state index contributed by atoms with van der Waals surface area (Å²) in [5.41, 5.74) is 4.60. The summed E-state index contributed by atoms with van der Waals surface area (Å²) in [6, 6.07) is 1.34. The third-order valence-electron chi connectivity index (χ3n) is 0.170. The number of nitrogens with one attached hydrogen (secondary N) is 1. The molecule has 0 fully saturated rings. The average molecular weight is 83.1 g/mol. The molecule has 0 rings (SSSR count). The lowest BCUT2D eigenvalue weighted by Crippen LogP contribution is -2.03. The van der Waals surface area contributed by atoms with E-state index in [1.807, 2.05) is 0 Å². The van der Waals surface area contributed by atoms with E-state index in [2.05, 4.69) is 10.7 Å². The van der Waals surface area contributed by atoms with Gasteiger partial charge in [0.15, 0.2) is 0 Å². The lowest BCUT2D eigenvalue weighted by atomic mass is 11.1. The first-order valence-corrected chi connectivity index (χ1v) is 1.21. The molecule has 0 aliphatic heterocycles. The van der Waals surface area contributed by atoms with E-state index in [-0.39, 0.29) is 0 Å². The average Bonchev–Trinajstić information content (AvgIpc) is 1.35. The molecule has 0 spiro atoms. The minimum Gasteiger partial charge on any atom is -0.422 e. The van der Waals surface area contributed by atoms with Gasteiger partial charge in [-0.25, -0.2) is 0 Å². The second-order valence-electron chi connectivity index (χ2n) is 0.597. The van der Waals surface area contributed by atoms with E-state index in [1.165, 1.54) is 6.01 Å². The van der Waals surface area contributed by atoms with Gasteiger partial charge in [0.25, 0.3) is 0 Å². The molecule has 0 saturated heterocycles. The molecule has 0 aliphatic carbocycles. The van der Waals surface area contributed by atoms with Crippen LogP contribution in [0.2, 0.25) is 0 Å². The Morgan fingerprint density at radius 1 is 2.00 bits per heavy atom. The topological polar surface area (TPSA) is 84.5 Å². The number of guanidine groups is 1. The molecule has 0 heterocycles. The Kier molecular flexibility index (Phi) is 1.71. The highest BCUT2D eigenvalue weighted by molar-refractivity contribution is 5.81. The van der Waals surface area contributed by atoms with Gasteiger partial charge in [-0.1, -0.05) is 0 Å². The molecular formula is C2H3N4-. The maximum Gasteiger partial charge on any atom is 0.111 e. The summed E-state index contributed by atoms with van der Waals surface area (Å²) in [5.74, 6) is -0.447. The maximum absolute atomic E-state index is 7.60. The van der Waals surface area contributed by atoms with E-state index >= 15 is 0 Å². The summed E-state index contributed by atoms with van der Waals surface area (Å²) in [7, 11) is 0. The predicted octanol–water partition coefficient (Wildman–Crippen LogP) is -0.377. The van der Waals surface area contributed by atoms with Gasteiger partial charge in [-0.15, -0.1) is 6.01 Å². The molecule has 0 aliphatic rings. The summed E-state index contributed by atoms with van der Waals surface area (Å²) in [4.78, 5) is 2.79. The number of nitrogens with zero attached hydrogens (tertiary/aromatic N) is 2. The van der Waals surface area contributed by atoms with E-state index in [4.69, 9.17) is 10.8 Å². The summed E-state index contributed by atoms with van der Waals surface area (Å²) in [5, 5.41) is 13.9. The van der Waals surface area contributed by atoms with Gasteiger partial charge in [0, 0.05) is 0 Å². The highest BCUT2D eigenvalue weighted by Crippen LogP contribution is 1.51. The highest BCUT2D eigenvalue weighted by Gasteiger charge is 1.54. The van der Waals surface area contributed by atoms with Crippen molar-refractivity contribution < 1.29 is 0 Å². The fourth-order valence-electron chi connectivity index (χ4n) is 0.0539. The molecule has 0 aromatic carbocycles. The highest BCUT2D eigenvalue weighted by atomic mass is 15.0. The zero-order chi connectivity index (χ0) is 4.99. The summed E-state index contributed by atoms with van der Waals surface area (Å²) in [6.07, 6.45) is 0. The molecule has 3 N–H and O–H groups in total. The van der Waals surface area contributed by atoms with Crippen LogP contribution in [-0.4, -0.2) is 12.0 Å². The van der Waals surface area contributed by atoms with E-state index in [0.717, 1.165) is 0 Å². The molecule has 6 heavy (non-hydrogen) atoms. The van der Waals surface area contributed by atoms with Crippen LogP contribution in [0.4, 0.5) is 0 Å². The van der Waals surface area contributed by atoms with Crippen LogP contribution in [-0.2, 0) is 0 Å². The number of rotatable bonds is 0. The van der Waals surface area contributed by atoms with Crippen molar-refractivity contribution in [1.29, 1.82) is 5.41 Å². The van der Waals surface area contributed by atoms with Crippen LogP contribution in [0.1, 0.15) is 0 Å². The van der Waals surface area contributed by atoms with Gasteiger partial charge in [-0.3, -0.25) is 5.41 Å². The molecule has 0 aromatic rings. The standard InChI is InChI=1S/C2H3N4/c3-1-6-2(4)5/h(H3,4,5)/q-1. The van der Waals surface area contributed by atoms with Gasteiger partial charge in [-0.05, 0) is 0 Å². The van der Waals surface area contributed by atoms with Crippen LogP contribution in [0.15, 0.2) is 4.99 Å². The Morgan fingerprint density at radius 3 is 2.50 bits per heavy atom. The Balaban J connectivity index is 3.60. The van der Waals surface area contributed by atoms with E-state index in [0.29, 0.717) is 0 Å². The van der Waals surface area contributed by atoms with Gasteiger partial charge in [0.1, 0.15) is 5.96 Å². The molecule has 0 amide bonds. The Labute approximate surface area is 34.7 Å². The predicted molar refractivity (Wildman–Crippen MR) is 22.7 cm³/mol. The molecule has 0 radical (unpaired) electrons. The van der Waals surface area contributed by atoms with Crippen molar-refractivity contribution in [2.75, 3.05) is 0 Å². The second kappa shape index (κ2) is 2.11. The summed E-state index contributed by atoms with van der Waals surface area (Å²) >= 11 is 0. The monoisotopic (exact) mass is 83.0 g/mol. The summed E-state index contributed by atoms with van der Waals surface area (Å²) in [6.45, 7) is 0. The third kappa shape index (κ3) is 2.85. The van der Waals surface area contributed by atoms with Crippen molar-refractivity contribution in [2.24, 2.45) is 10.7 Å². The van der Waals surface area contributed by atoms with E-state index in [1.54, 1.807) is 0 Å². The van der Waals surface area contributed by atoms with Crippen molar-refractivity contribution in [1.82, 2.24) is 0 Å². The molecule has 0 saturated carbocycles. The maximum atomic E-state index is 7.60. The zero-order valence-corrected chi connectivity index (χ0v) is 2.97. The first kappa shape index (κ1) is 4.85. The second-order valence-corrected chi connectivity index (χ2v) is 0.597. The zero-order valence-electron chi connectivity index (χ0n) is 2.97. The van der Waals surface area contributed by atoms with Gasteiger partial charge >= 0.3 is 0 Å². The SMILES string of the molecule is [N-]=C=NC(=N)N. The molecular weight excluding hydrogens is 80.1 g/mol. The van der Waals surface area contributed by atoms with Crippen molar-refractivity contribution in [3.8, 4) is 0 Å². The lowest BCUT2D eigenvalue weighted by molar-refractivity contribution is 1.39. The Morgan fingerprint density at radius 2 is 2.50 bits per heavy atom. The number of hydrogen-bond acceptors (Lipinski definition) is 1. The normalized spacial score (nSPS) is 6.00. The number of nitrogens with two attached hydrogens (primary N) is 1. The molecule has 0 unspecified atom stereocenters. The van der Waals surface area contributed by atoms with Crippen LogP contribution >= 0.6 is 0 Å². The van der Waals surface area contributed by atoms with Gasteiger partial charge in [0.2, 0.25) is 0 Å². The fourth-order valence-corrected chi connectivity index (χ4v) is 0.0539. The summed E-state index contributed by atoms with van der Waals surface area (Å²) < 4.78 is 0. The van der Waals surface area contributed by atoms with Crippen LogP contribution in [0.3, 0.4) is 0 Å². The minimum absolute atomic E-state index is 0.447. The molecule has 4 heteroatoms. The van der Waals surface area contributed by atoms with Crippen LogP contribution in [0, 0.1) is 5.41 Å². The van der Waals surface area contributed by atoms with Gasteiger partial charge in [-0.2, -0.15) is 0 Å². The Bertz CT molecular complexity index is 98.1. The molecule has 0 atom stereocenters. The van der Waals surface area contributed by atoms with Gasteiger partial charge < -0.3 is 16.1 Å².